The molecule has 7 heteroatoms. The van der Waals surface area contributed by atoms with E-state index in [-0.39, 0.29) is 0 Å². The summed E-state index contributed by atoms with van der Waals surface area (Å²) in [6, 6.07) is 7.82. The van der Waals surface area contributed by atoms with Crippen molar-refractivity contribution in [3.05, 3.63) is 34.4 Å². The van der Waals surface area contributed by atoms with Crippen LogP contribution in [0, 0.1) is 0 Å². The Hall–Kier alpha value is -1.86. The molecule has 0 aliphatic carbocycles. The molecule has 2 heterocycles. The van der Waals surface area contributed by atoms with E-state index in [2.05, 4.69) is 31.2 Å². The number of nitrogens with one attached hydrogen (secondary N) is 1. The molecule has 0 amide bonds. The van der Waals surface area contributed by atoms with Gasteiger partial charge in [0.05, 0.1) is 17.7 Å². The summed E-state index contributed by atoms with van der Waals surface area (Å²) in [7, 11) is 1.63. The average Bonchev–Trinajstić information content (AvgIpc) is 2.93. The lowest BCUT2D eigenvalue weighted by Crippen LogP contribution is -1.99. The number of H-pyrrole nitrogens is 1. The van der Waals surface area contributed by atoms with Gasteiger partial charge in [-0.15, -0.1) is 0 Å². The molecular formula is C12H12BrN5O. The van der Waals surface area contributed by atoms with Crippen LogP contribution in [0.5, 0.6) is 0 Å². The molecule has 19 heavy (non-hydrogen) atoms. The lowest BCUT2D eigenvalue weighted by molar-refractivity contribution is 0.182. The second-order valence-corrected chi connectivity index (χ2v) is 5.02. The van der Waals surface area contributed by atoms with E-state index < -0.39 is 0 Å². The lowest BCUT2D eigenvalue weighted by Gasteiger charge is -2.01. The van der Waals surface area contributed by atoms with E-state index in [9.17, 15) is 0 Å². The molecule has 0 radical (unpaired) electrons. The van der Waals surface area contributed by atoms with Gasteiger partial charge in [-0.05, 0) is 18.2 Å². The van der Waals surface area contributed by atoms with Gasteiger partial charge in [0.2, 0.25) is 0 Å². The van der Waals surface area contributed by atoms with Crippen LogP contribution < -0.4 is 5.73 Å². The van der Waals surface area contributed by atoms with Crippen LogP contribution in [0.15, 0.2) is 28.7 Å². The number of aromatic nitrogens is 4. The van der Waals surface area contributed by atoms with Gasteiger partial charge in [0.1, 0.15) is 11.5 Å². The van der Waals surface area contributed by atoms with Gasteiger partial charge >= 0.3 is 0 Å². The van der Waals surface area contributed by atoms with Crippen molar-refractivity contribution in [2.45, 2.75) is 6.61 Å². The number of ether oxygens (including phenoxy) is 1. The van der Waals surface area contributed by atoms with E-state index in [1.54, 1.807) is 11.8 Å². The minimum Gasteiger partial charge on any atom is -0.383 e. The van der Waals surface area contributed by atoms with Crippen LogP contribution in [0.4, 0.5) is 5.82 Å². The van der Waals surface area contributed by atoms with Crippen LogP contribution in [0.3, 0.4) is 0 Å². The van der Waals surface area contributed by atoms with E-state index >= 15 is 0 Å². The van der Waals surface area contributed by atoms with Crippen molar-refractivity contribution in [1.82, 2.24) is 20.0 Å². The van der Waals surface area contributed by atoms with Gasteiger partial charge in [0.25, 0.3) is 0 Å². The molecule has 6 nitrogen and oxygen atoms in total. The second kappa shape index (κ2) is 4.67. The molecule has 0 saturated heterocycles. The average molecular weight is 322 g/mol. The summed E-state index contributed by atoms with van der Waals surface area (Å²) in [5.41, 5.74) is 8.27. The molecule has 0 atom stereocenters. The number of hydrogen-bond donors (Lipinski definition) is 2. The first-order chi connectivity index (χ1) is 9.20. The second-order valence-electron chi connectivity index (χ2n) is 4.11. The summed E-state index contributed by atoms with van der Waals surface area (Å²) in [6.45, 7) is 0.390. The first-order valence-corrected chi connectivity index (χ1v) is 6.46. The third-order valence-corrected chi connectivity index (χ3v) is 3.31. The van der Waals surface area contributed by atoms with E-state index in [1.807, 2.05) is 24.3 Å². The first kappa shape index (κ1) is 12.2. The Morgan fingerprint density at radius 2 is 2.32 bits per heavy atom. The lowest BCUT2D eigenvalue weighted by atomic mass is 10.3. The van der Waals surface area contributed by atoms with Crippen molar-refractivity contribution in [2.75, 3.05) is 12.8 Å². The number of methoxy groups -OCH3 is 1. The van der Waals surface area contributed by atoms with Gasteiger partial charge in [-0.1, -0.05) is 22.0 Å². The number of rotatable bonds is 3. The van der Waals surface area contributed by atoms with Gasteiger partial charge in [-0.2, -0.15) is 10.2 Å². The number of anilines is 1. The van der Waals surface area contributed by atoms with Crippen LogP contribution in [-0.2, 0) is 11.3 Å². The summed E-state index contributed by atoms with van der Waals surface area (Å²) in [4.78, 5) is 0. The zero-order valence-corrected chi connectivity index (χ0v) is 11.8. The highest BCUT2D eigenvalue weighted by Crippen LogP contribution is 2.26. The molecule has 2 aromatic heterocycles. The highest BCUT2D eigenvalue weighted by molar-refractivity contribution is 9.10. The van der Waals surface area contributed by atoms with E-state index in [1.165, 1.54) is 0 Å². The fourth-order valence-electron chi connectivity index (χ4n) is 2.03. The topological polar surface area (TPSA) is 81.8 Å². The Kier molecular flexibility index (Phi) is 3.00. The zero-order valence-electron chi connectivity index (χ0n) is 10.2. The molecule has 3 N–H and O–H groups in total. The number of benzene rings is 1. The predicted molar refractivity (Wildman–Crippen MR) is 76.0 cm³/mol. The molecule has 98 valence electrons. The summed E-state index contributed by atoms with van der Waals surface area (Å²) in [5, 5.41) is 12.3. The molecule has 0 unspecified atom stereocenters. The van der Waals surface area contributed by atoms with Crippen LogP contribution in [-0.4, -0.2) is 27.1 Å². The molecule has 0 spiro atoms. The minimum atomic E-state index is 0.390. The summed E-state index contributed by atoms with van der Waals surface area (Å²) in [5.74, 6) is 0.503. The Balaban J connectivity index is 2.24. The first-order valence-electron chi connectivity index (χ1n) is 5.67. The van der Waals surface area contributed by atoms with Crippen molar-refractivity contribution < 1.29 is 4.74 Å². The largest absolute Gasteiger partial charge is 0.383 e. The number of nitrogen functional groups attached to an aromatic ring is 1. The van der Waals surface area contributed by atoms with Crippen LogP contribution in [0.1, 0.15) is 5.69 Å². The zero-order chi connectivity index (χ0) is 13.4. The van der Waals surface area contributed by atoms with Gasteiger partial charge in [-0.25, -0.2) is 4.68 Å². The Morgan fingerprint density at radius 1 is 1.47 bits per heavy atom. The Bertz CT molecular complexity index is 733. The molecule has 3 aromatic rings. The molecular weight excluding hydrogens is 310 g/mol. The van der Waals surface area contributed by atoms with Crippen LogP contribution in [0.25, 0.3) is 16.7 Å². The van der Waals surface area contributed by atoms with Crippen molar-refractivity contribution in [1.29, 1.82) is 0 Å². The number of halogens is 1. The van der Waals surface area contributed by atoms with Gasteiger partial charge in [-0.3, -0.25) is 5.10 Å². The maximum Gasteiger partial charge on any atom is 0.186 e. The third-order valence-electron chi connectivity index (χ3n) is 2.82. The number of hydrogen-bond acceptors (Lipinski definition) is 4. The monoisotopic (exact) mass is 321 g/mol. The number of fused-ring (bicyclic) bond motifs is 1. The molecule has 1 aromatic carbocycles. The number of aromatic amines is 1. The molecule has 0 aliphatic heterocycles. The molecule has 3 rings (SSSR count). The third kappa shape index (κ3) is 2.00. The normalized spacial score (nSPS) is 11.3. The maximum atomic E-state index is 5.89. The molecule has 0 saturated carbocycles. The standard InChI is InChI=1S/C12H12BrN5O/c1-19-6-9-10-11(14)15-16-12(10)18(17-9)8-4-2-3-7(13)5-8/h2-5H,6H2,1H3,(H3,14,15,16). The summed E-state index contributed by atoms with van der Waals surface area (Å²) < 4.78 is 7.88. The molecule has 0 bridgehead atoms. The quantitative estimate of drug-likeness (QED) is 0.775. The van der Waals surface area contributed by atoms with E-state index in [4.69, 9.17) is 10.5 Å². The summed E-state index contributed by atoms with van der Waals surface area (Å²) in [6.07, 6.45) is 0. The number of nitrogens with zero attached hydrogens (tertiary/aromatic N) is 3. The number of nitrogens with two attached hydrogens (primary N) is 1. The Morgan fingerprint density at radius 3 is 3.05 bits per heavy atom. The van der Waals surface area contributed by atoms with Crippen molar-refractivity contribution >= 4 is 32.8 Å². The van der Waals surface area contributed by atoms with E-state index in [0.29, 0.717) is 18.1 Å². The summed E-state index contributed by atoms with van der Waals surface area (Å²) >= 11 is 3.45. The van der Waals surface area contributed by atoms with Gasteiger partial charge < -0.3 is 10.5 Å². The molecule has 0 aliphatic rings. The minimum absolute atomic E-state index is 0.390. The predicted octanol–water partition coefficient (Wildman–Crippen LogP) is 2.24. The highest BCUT2D eigenvalue weighted by Gasteiger charge is 2.17. The van der Waals surface area contributed by atoms with E-state index in [0.717, 1.165) is 21.2 Å². The fraction of sp³-hybridized carbons (Fsp3) is 0.167. The van der Waals surface area contributed by atoms with Gasteiger partial charge in [0.15, 0.2) is 5.65 Å². The molecule has 0 fully saturated rings. The smallest absolute Gasteiger partial charge is 0.186 e. The van der Waals surface area contributed by atoms with Crippen molar-refractivity contribution in [3.63, 3.8) is 0 Å². The van der Waals surface area contributed by atoms with Crippen molar-refractivity contribution in [2.24, 2.45) is 0 Å². The van der Waals surface area contributed by atoms with Crippen LogP contribution >= 0.6 is 15.9 Å². The maximum absolute atomic E-state index is 5.89. The Labute approximate surface area is 117 Å². The van der Waals surface area contributed by atoms with Gasteiger partial charge in [0, 0.05) is 11.6 Å². The SMILES string of the molecule is COCc1nn(-c2cccc(Br)c2)c2n[nH]c(N)c12. The van der Waals surface area contributed by atoms with Crippen molar-refractivity contribution in [3.8, 4) is 5.69 Å². The van der Waals surface area contributed by atoms with Crippen LogP contribution in [0.2, 0.25) is 0 Å². The highest BCUT2D eigenvalue weighted by atomic mass is 79.9. The fourth-order valence-corrected chi connectivity index (χ4v) is 2.41.